The van der Waals surface area contributed by atoms with Crippen LogP contribution in [0.1, 0.15) is 22.5 Å². The number of aromatic nitrogens is 3. The number of nitrogens with one attached hydrogen (secondary N) is 2. The molecule has 12 heteroatoms. The Kier molecular flexibility index (Phi) is 7.65. The molecule has 1 aromatic carbocycles. The van der Waals surface area contributed by atoms with Crippen molar-refractivity contribution in [2.24, 2.45) is 0 Å². The molecular weight excluding hydrogens is 475 g/mol. The average Bonchev–Trinajstić information content (AvgIpc) is 3.27. The lowest BCUT2D eigenvalue weighted by Crippen LogP contribution is -2.28. The molecule has 2 aromatic heterocycles. The van der Waals surface area contributed by atoms with Gasteiger partial charge < -0.3 is 20.3 Å². The van der Waals surface area contributed by atoms with Crippen LogP contribution in [0.4, 0.5) is 23.7 Å². The number of urea groups is 1. The van der Waals surface area contributed by atoms with Crippen molar-refractivity contribution in [2.75, 3.05) is 32.5 Å². The van der Waals surface area contributed by atoms with Crippen LogP contribution in [-0.4, -0.2) is 58.0 Å². The van der Waals surface area contributed by atoms with Crippen LogP contribution in [0.3, 0.4) is 0 Å². The van der Waals surface area contributed by atoms with Gasteiger partial charge in [0.25, 0.3) is 0 Å². The van der Waals surface area contributed by atoms with Gasteiger partial charge in [-0.05, 0) is 50.0 Å². The van der Waals surface area contributed by atoms with Crippen LogP contribution in [-0.2, 0) is 25.8 Å². The van der Waals surface area contributed by atoms with E-state index in [-0.39, 0.29) is 6.54 Å². The Morgan fingerprint density at radius 1 is 1.08 bits per heavy atom. The highest BCUT2D eigenvalue weighted by molar-refractivity contribution is 5.89. The molecule has 2 amide bonds. The zero-order valence-corrected chi connectivity index (χ0v) is 19.8. The van der Waals surface area contributed by atoms with Gasteiger partial charge in [0.05, 0.1) is 11.3 Å². The quantitative estimate of drug-likeness (QED) is 0.484. The summed E-state index contributed by atoms with van der Waals surface area (Å²) >= 11 is 0. The van der Waals surface area contributed by atoms with Gasteiger partial charge in [-0.1, -0.05) is 6.07 Å². The van der Waals surface area contributed by atoms with E-state index in [1.165, 1.54) is 12.4 Å². The van der Waals surface area contributed by atoms with E-state index in [4.69, 9.17) is 4.74 Å². The molecule has 4 rings (SSSR count). The summed E-state index contributed by atoms with van der Waals surface area (Å²) in [5.41, 5.74) is 1.91. The molecule has 36 heavy (non-hydrogen) atoms. The number of hydrogen-bond acceptors (Lipinski definition) is 7. The van der Waals surface area contributed by atoms with Gasteiger partial charge in [-0.15, -0.1) is 0 Å². The van der Waals surface area contributed by atoms with Crippen LogP contribution in [0.25, 0.3) is 0 Å². The topological polar surface area (TPSA) is 95.5 Å². The first-order valence-electron chi connectivity index (χ1n) is 11.2. The van der Waals surface area contributed by atoms with Gasteiger partial charge in [0, 0.05) is 44.6 Å². The number of fused-ring (bicyclic) bond motifs is 1. The average molecular weight is 502 g/mol. The number of likely N-dealkylation sites (N-methyl/N-ethyl adjacent to an activating group) is 1. The first-order valence-corrected chi connectivity index (χ1v) is 11.2. The fraction of sp³-hybridized carbons (Fsp3) is 0.333. The maximum absolute atomic E-state index is 12.6. The molecule has 0 fully saturated rings. The molecule has 0 unspecified atom stereocenters. The van der Waals surface area contributed by atoms with Crippen LogP contribution < -0.4 is 15.4 Å². The zero-order chi connectivity index (χ0) is 25.7. The fourth-order valence-electron chi connectivity index (χ4n) is 3.58. The molecule has 0 bridgehead atoms. The monoisotopic (exact) mass is 501 g/mol. The second-order valence-corrected chi connectivity index (χ2v) is 8.60. The van der Waals surface area contributed by atoms with E-state index >= 15 is 0 Å². The number of anilines is 1. The number of ether oxygens (including phenoxy) is 1. The van der Waals surface area contributed by atoms with Crippen LogP contribution >= 0.6 is 0 Å². The van der Waals surface area contributed by atoms with Gasteiger partial charge in [0.15, 0.2) is 0 Å². The number of rotatable bonds is 8. The summed E-state index contributed by atoms with van der Waals surface area (Å²) in [5.74, 6) is 1.07. The summed E-state index contributed by atoms with van der Waals surface area (Å²) in [5, 5.41) is 5.25. The predicted octanol–water partition coefficient (Wildman–Crippen LogP) is 3.88. The summed E-state index contributed by atoms with van der Waals surface area (Å²) in [7, 11) is 4.08. The standard InChI is InChI=1S/C24H26F3N7O2/c1-33(2)9-10-34-13-19-20(14-34)30-15-31-22(19)36-18-6-4-17(5-7-18)32-23(35)29-12-16-3-8-21(28-11-16)24(25,26)27/h3-8,11,15H,9-10,12-14H2,1-2H3,(H2,29,32,35). The molecule has 0 spiro atoms. The summed E-state index contributed by atoms with van der Waals surface area (Å²) < 4.78 is 43.8. The predicted molar refractivity (Wildman–Crippen MR) is 126 cm³/mol. The molecule has 9 nitrogen and oxygen atoms in total. The summed E-state index contributed by atoms with van der Waals surface area (Å²) in [6.45, 7) is 3.36. The first kappa shape index (κ1) is 25.3. The zero-order valence-electron chi connectivity index (χ0n) is 19.8. The van der Waals surface area contributed by atoms with Crippen molar-refractivity contribution < 1.29 is 22.7 Å². The molecule has 0 saturated heterocycles. The Bertz CT molecular complexity index is 1190. The normalized spacial score (nSPS) is 13.5. The Morgan fingerprint density at radius 3 is 2.53 bits per heavy atom. The van der Waals surface area contributed by atoms with Crippen molar-refractivity contribution in [2.45, 2.75) is 25.8 Å². The number of alkyl halides is 3. The number of carbonyl (C=O) groups excluding carboxylic acids is 1. The van der Waals surface area contributed by atoms with Crippen molar-refractivity contribution in [3.05, 3.63) is 71.4 Å². The smallest absolute Gasteiger partial charge is 0.433 e. The molecule has 0 aliphatic carbocycles. The number of carbonyl (C=O) groups is 1. The van der Waals surface area contributed by atoms with E-state index in [9.17, 15) is 18.0 Å². The summed E-state index contributed by atoms with van der Waals surface area (Å²) in [4.78, 5) is 28.6. The van der Waals surface area contributed by atoms with Crippen molar-refractivity contribution >= 4 is 11.7 Å². The third-order valence-corrected chi connectivity index (χ3v) is 5.51. The number of nitrogens with zero attached hydrogens (tertiary/aromatic N) is 5. The van der Waals surface area contributed by atoms with E-state index in [2.05, 4.69) is 35.4 Å². The van der Waals surface area contributed by atoms with Crippen molar-refractivity contribution in [3.8, 4) is 11.6 Å². The molecular formula is C24H26F3N7O2. The van der Waals surface area contributed by atoms with Gasteiger partial charge in [0.2, 0.25) is 5.88 Å². The molecule has 190 valence electrons. The van der Waals surface area contributed by atoms with Crippen LogP contribution in [0.5, 0.6) is 11.6 Å². The largest absolute Gasteiger partial charge is 0.439 e. The maximum Gasteiger partial charge on any atom is 0.433 e. The highest BCUT2D eigenvalue weighted by Gasteiger charge is 2.32. The van der Waals surface area contributed by atoms with E-state index < -0.39 is 17.9 Å². The minimum absolute atomic E-state index is 0.0303. The third kappa shape index (κ3) is 6.67. The van der Waals surface area contributed by atoms with Gasteiger partial charge in [0.1, 0.15) is 17.8 Å². The molecule has 0 radical (unpaired) electrons. The Labute approximate surface area is 206 Å². The fourth-order valence-corrected chi connectivity index (χ4v) is 3.58. The number of halogens is 3. The van der Waals surface area contributed by atoms with E-state index in [1.807, 2.05) is 14.1 Å². The minimum Gasteiger partial charge on any atom is -0.439 e. The molecule has 2 N–H and O–H groups in total. The molecule has 3 heterocycles. The molecule has 1 aliphatic rings. The van der Waals surface area contributed by atoms with Crippen molar-refractivity contribution in [1.29, 1.82) is 0 Å². The molecule has 0 saturated carbocycles. The minimum atomic E-state index is -4.50. The van der Waals surface area contributed by atoms with E-state index in [1.54, 1.807) is 24.3 Å². The van der Waals surface area contributed by atoms with E-state index in [0.29, 0.717) is 29.4 Å². The lowest BCUT2D eigenvalue weighted by molar-refractivity contribution is -0.141. The maximum atomic E-state index is 12.6. The summed E-state index contributed by atoms with van der Waals surface area (Å²) in [6.07, 6.45) is -1.92. The van der Waals surface area contributed by atoms with Gasteiger partial charge >= 0.3 is 12.2 Å². The Hall–Kier alpha value is -3.77. The molecule has 1 aliphatic heterocycles. The Morgan fingerprint density at radius 2 is 1.86 bits per heavy atom. The van der Waals surface area contributed by atoms with Gasteiger partial charge in [-0.3, -0.25) is 9.88 Å². The third-order valence-electron chi connectivity index (χ3n) is 5.51. The van der Waals surface area contributed by atoms with Crippen molar-refractivity contribution in [1.82, 2.24) is 30.1 Å². The SMILES string of the molecule is CN(C)CCN1Cc2ncnc(Oc3ccc(NC(=O)NCc4ccc(C(F)(F)F)nc4)cc3)c2C1. The number of pyridine rings is 1. The Balaban J connectivity index is 1.29. The van der Waals surface area contributed by atoms with Crippen LogP contribution in [0.2, 0.25) is 0 Å². The van der Waals surface area contributed by atoms with Crippen molar-refractivity contribution in [3.63, 3.8) is 0 Å². The molecule has 3 aromatic rings. The first-order chi connectivity index (χ1) is 17.2. The lowest BCUT2D eigenvalue weighted by atomic mass is 10.2. The number of benzene rings is 1. The molecule has 0 atom stereocenters. The lowest BCUT2D eigenvalue weighted by Gasteiger charge is -2.17. The second-order valence-electron chi connectivity index (χ2n) is 8.60. The van der Waals surface area contributed by atoms with E-state index in [0.717, 1.165) is 43.2 Å². The van der Waals surface area contributed by atoms with Gasteiger partial charge in [-0.25, -0.2) is 14.8 Å². The second kappa shape index (κ2) is 10.9. The van der Waals surface area contributed by atoms with Crippen LogP contribution in [0.15, 0.2) is 48.9 Å². The summed E-state index contributed by atoms with van der Waals surface area (Å²) in [6, 6.07) is 8.43. The van der Waals surface area contributed by atoms with Crippen LogP contribution in [0, 0.1) is 0 Å². The van der Waals surface area contributed by atoms with Gasteiger partial charge in [-0.2, -0.15) is 13.2 Å². The number of hydrogen-bond donors (Lipinski definition) is 2. The number of amides is 2. The highest BCUT2D eigenvalue weighted by atomic mass is 19.4. The highest BCUT2D eigenvalue weighted by Crippen LogP contribution is 2.31.